The molecule has 0 aromatic heterocycles. The number of nitrogens with one attached hydrogen (secondary N) is 1. The Bertz CT molecular complexity index is 312. The highest BCUT2D eigenvalue weighted by atomic mass is 19.1. The summed E-state index contributed by atoms with van der Waals surface area (Å²) in [7, 11) is 0. The second-order valence-electron chi connectivity index (χ2n) is 4.61. The Hall–Kier alpha value is -0.890. The highest BCUT2D eigenvalue weighted by Crippen LogP contribution is 2.08. The standard InChI is InChI=1S/C15H24FN/c1-3-5-6-10-15(4-2)17-12-13-8-7-9-14(16)11-13/h7-9,11,15,17H,3-6,10,12H2,1-2H3. The van der Waals surface area contributed by atoms with Crippen molar-refractivity contribution in [3.63, 3.8) is 0 Å². The maximum atomic E-state index is 13.0. The molecular weight excluding hydrogens is 213 g/mol. The summed E-state index contributed by atoms with van der Waals surface area (Å²) in [4.78, 5) is 0. The Labute approximate surface area is 104 Å². The lowest BCUT2D eigenvalue weighted by Crippen LogP contribution is -2.27. The molecule has 1 aromatic rings. The van der Waals surface area contributed by atoms with E-state index in [-0.39, 0.29) is 5.82 Å². The first-order valence-corrected chi connectivity index (χ1v) is 6.74. The molecule has 96 valence electrons. The van der Waals surface area contributed by atoms with E-state index < -0.39 is 0 Å². The summed E-state index contributed by atoms with van der Waals surface area (Å²) in [5.41, 5.74) is 1.03. The molecule has 0 amide bonds. The lowest BCUT2D eigenvalue weighted by molar-refractivity contribution is 0.446. The van der Waals surface area contributed by atoms with Crippen molar-refractivity contribution in [2.45, 2.75) is 58.5 Å². The van der Waals surface area contributed by atoms with Crippen LogP contribution in [0, 0.1) is 5.82 Å². The Kier molecular flexibility index (Phi) is 6.87. The smallest absolute Gasteiger partial charge is 0.123 e. The summed E-state index contributed by atoms with van der Waals surface area (Å²) in [5, 5.41) is 3.51. The molecule has 0 aliphatic carbocycles. The maximum Gasteiger partial charge on any atom is 0.123 e. The van der Waals surface area contributed by atoms with E-state index in [1.54, 1.807) is 12.1 Å². The number of benzene rings is 1. The molecule has 1 rings (SSSR count). The largest absolute Gasteiger partial charge is 0.310 e. The SMILES string of the molecule is CCCCCC(CC)NCc1cccc(F)c1. The molecule has 1 N–H and O–H groups in total. The van der Waals surface area contributed by atoms with Crippen molar-refractivity contribution in [2.75, 3.05) is 0 Å². The van der Waals surface area contributed by atoms with Crippen LogP contribution in [0.4, 0.5) is 4.39 Å². The fourth-order valence-corrected chi connectivity index (χ4v) is 2.00. The third kappa shape index (κ3) is 5.83. The van der Waals surface area contributed by atoms with Gasteiger partial charge in [0.05, 0.1) is 0 Å². The minimum atomic E-state index is -0.150. The van der Waals surface area contributed by atoms with E-state index >= 15 is 0 Å². The fourth-order valence-electron chi connectivity index (χ4n) is 2.00. The van der Waals surface area contributed by atoms with E-state index in [1.807, 2.05) is 6.07 Å². The third-order valence-corrected chi connectivity index (χ3v) is 3.13. The summed E-state index contributed by atoms with van der Waals surface area (Å²) < 4.78 is 13.0. The Balaban J connectivity index is 2.31. The monoisotopic (exact) mass is 237 g/mol. The van der Waals surface area contributed by atoms with Crippen LogP contribution >= 0.6 is 0 Å². The van der Waals surface area contributed by atoms with Gasteiger partial charge in [0.25, 0.3) is 0 Å². The zero-order chi connectivity index (χ0) is 12.5. The van der Waals surface area contributed by atoms with Gasteiger partial charge in [-0.25, -0.2) is 4.39 Å². The highest BCUT2D eigenvalue weighted by molar-refractivity contribution is 5.16. The van der Waals surface area contributed by atoms with Gasteiger partial charge in [0.1, 0.15) is 5.82 Å². The van der Waals surface area contributed by atoms with Gasteiger partial charge in [-0.05, 0) is 30.5 Å². The molecule has 0 radical (unpaired) electrons. The van der Waals surface area contributed by atoms with E-state index in [9.17, 15) is 4.39 Å². The minimum Gasteiger partial charge on any atom is -0.310 e. The first kappa shape index (κ1) is 14.2. The average Bonchev–Trinajstić information content (AvgIpc) is 2.34. The van der Waals surface area contributed by atoms with Crippen LogP contribution in [-0.2, 0) is 6.54 Å². The molecule has 0 fully saturated rings. The minimum absolute atomic E-state index is 0.150. The van der Waals surface area contributed by atoms with Gasteiger partial charge in [0.2, 0.25) is 0 Å². The van der Waals surface area contributed by atoms with Crippen molar-refractivity contribution in [3.8, 4) is 0 Å². The molecule has 0 heterocycles. The van der Waals surface area contributed by atoms with Gasteiger partial charge in [-0.3, -0.25) is 0 Å². The van der Waals surface area contributed by atoms with Crippen molar-refractivity contribution in [1.29, 1.82) is 0 Å². The number of hydrogen-bond acceptors (Lipinski definition) is 1. The topological polar surface area (TPSA) is 12.0 Å². The van der Waals surface area contributed by atoms with Crippen molar-refractivity contribution in [1.82, 2.24) is 5.32 Å². The molecule has 0 saturated heterocycles. The zero-order valence-electron chi connectivity index (χ0n) is 11.0. The van der Waals surface area contributed by atoms with E-state index in [1.165, 1.54) is 31.7 Å². The van der Waals surface area contributed by atoms with Crippen molar-refractivity contribution >= 4 is 0 Å². The normalized spacial score (nSPS) is 12.6. The van der Waals surface area contributed by atoms with E-state index in [0.717, 1.165) is 18.5 Å². The number of halogens is 1. The third-order valence-electron chi connectivity index (χ3n) is 3.13. The molecule has 0 spiro atoms. The van der Waals surface area contributed by atoms with Crippen LogP contribution < -0.4 is 5.32 Å². The van der Waals surface area contributed by atoms with Crippen LogP contribution in [0.1, 0.15) is 51.5 Å². The number of hydrogen-bond donors (Lipinski definition) is 1. The summed E-state index contributed by atoms with van der Waals surface area (Å²) in [6.45, 7) is 5.19. The first-order chi connectivity index (χ1) is 8.26. The molecule has 1 unspecified atom stereocenters. The molecule has 0 bridgehead atoms. The zero-order valence-corrected chi connectivity index (χ0v) is 11.0. The summed E-state index contributed by atoms with van der Waals surface area (Å²) in [6.07, 6.45) is 6.21. The number of unbranched alkanes of at least 4 members (excludes halogenated alkanes) is 2. The van der Waals surface area contributed by atoms with Gasteiger partial charge in [-0.15, -0.1) is 0 Å². The van der Waals surface area contributed by atoms with Crippen molar-refractivity contribution in [3.05, 3.63) is 35.6 Å². The fraction of sp³-hybridized carbons (Fsp3) is 0.600. The van der Waals surface area contributed by atoms with E-state index in [0.29, 0.717) is 6.04 Å². The Morgan fingerprint density at radius 1 is 1.24 bits per heavy atom. The first-order valence-electron chi connectivity index (χ1n) is 6.74. The lowest BCUT2D eigenvalue weighted by Gasteiger charge is -2.16. The van der Waals surface area contributed by atoms with Crippen molar-refractivity contribution in [2.24, 2.45) is 0 Å². The van der Waals surface area contributed by atoms with Gasteiger partial charge in [-0.2, -0.15) is 0 Å². The van der Waals surface area contributed by atoms with Crippen LogP contribution in [0.5, 0.6) is 0 Å². The van der Waals surface area contributed by atoms with Gasteiger partial charge in [0.15, 0.2) is 0 Å². The molecule has 1 nitrogen and oxygen atoms in total. The maximum absolute atomic E-state index is 13.0. The summed E-state index contributed by atoms with van der Waals surface area (Å²) in [6, 6.07) is 7.39. The average molecular weight is 237 g/mol. The van der Waals surface area contributed by atoms with Crippen molar-refractivity contribution < 1.29 is 4.39 Å². The molecule has 2 heteroatoms. The molecule has 1 aromatic carbocycles. The second-order valence-corrected chi connectivity index (χ2v) is 4.61. The van der Waals surface area contributed by atoms with E-state index in [4.69, 9.17) is 0 Å². The Morgan fingerprint density at radius 2 is 2.06 bits per heavy atom. The summed E-state index contributed by atoms with van der Waals surface area (Å²) in [5.74, 6) is -0.150. The van der Waals surface area contributed by atoms with Crippen LogP contribution in [-0.4, -0.2) is 6.04 Å². The predicted molar refractivity (Wildman–Crippen MR) is 71.5 cm³/mol. The van der Waals surface area contributed by atoms with Crippen LogP contribution in [0.2, 0.25) is 0 Å². The number of rotatable bonds is 8. The Morgan fingerprint density at radius 3 is 2.71 bits per heavy atom. The van der Waals surface area contributed by atoms with Gasteiger partial charge >= 0.3 is 0 Å². The molecular formula is C15H24FN. The van der Waals surface area contributed by atoms with Gasteiger partial charge in [-0.1, -0.05) is 45.2 Å². The lowest BCUT2D eigenvalue weighted by atomic mass is 10.1. The summed E-state index contributed by atoms with van der Waals surface area (Å²) >= 11 is 0. The second kappa shape index (κ2) is 8.24. The van der Waals surface area contributed by atoms with Crippen LogP contribution in [0.3, 0.4) is 0 Å². The predicted octanol–water partition coefficient (Wildman–Crippen LogP) is 4.27. The van der Waals surface area contributed by atoms with Gasteiger partial charge < -0.3 is 5.32 Å². The van der Waals surface area contributed by atoms with Crippen LogP contribution in [0.15, 0.2) is 24.3 Å². The van der Waals surface area contributed by atoms with Gasteiger partial charge in [0, 0.05) is 12.6 Å². The molecule has 0 aliphatic rings. The van der Waals surface area contributed by atoms with E-state index in [2.05, 4.69) is 19.2 Å². The molecule has 17 heavy (non-hydrogen) atoms. The highest BCUT2D eigenvalue weighted by Gasteiger charge is 2.05. The molecule has 0 aliphatic heterocycles. The quantitative estimate of drug-likeness (QED) is 0.666. The van der Waals surface area contributed by atoms with Crippen LogP contribution in [0.25, 0.3) is 0 Å². The molecule has 0 saturated carbocycles. The molecule has 1 atom stereocenters.